The van der Waals surface area contributed by atoms with Crippen LogP contribution in [0.25, 0.3) is 0 Å². The molecule has 3 N–H and O–H groups in total. The van der Waals surface area contributed by atoms with E-state index < -0.39 is 0 Å². The van der Waals surface area contributed by atoms with E-state index in [1.165, 1.54) is 6.21 Å². The molecule has 0 unspecified atom stereocenters. The molecule has 1 aromatic carbocycles. The number of nitrogens with two attached hydrogens (primary N) is 1. The van der Waals surface area contributed by atoms with Crippen molar-refractivity contribution in [2.45, 2.75) is 6.92 Å². The van der Waals surface area contributed by atoms with Crippen molar-refractivity contribution in [2.75, 3.05) is 5.73 Å². The molecule has 0 heterocycles. The van der Waals surface area contributed by atoms with Crippen LogP contribution in [0, 0.1) is 12.3 Å². The Labute approximate surface area is 70.5 Å². The number of aryl methyl sites for hydroxylation is 1. The number of rotatable bonds is 1. The summed E-state index contributed by atoms with van der Waals surface area (Å²) in [5.41, 5.74) is 7.78. The van der Waals surface area contributed by atoms with Crippen LogP contribution in [0.2, 0.25) is 5.02 Å². The van der Waals surface area contributed by atoms with Gasteiger partial charge in [0.15, 0.2) is 0 Å². The van der Waals surface area contributed by atoms with Gasteiger partial charge in [-0.1, -0.05) is 17.7 Å². The van der Waals surface area contributed by atoms with Gasteiger partial charge in [0.2, 0.25) is 0 Å². The third-order valence-corrected chi connectivity index (χ3v) is 1.93. The lowest BCUT2D eigenvalue weighted by Crippen LogP contribution is -1.96. The summed E-state index contributed by atoms with van der Waals surface area (Å²) in [4.78, 5) is 0. The Morgan fingerprint density at radius 3 is 2.64 bits per heavy atom. The van der Waals surface area contributed by atoms with Gasteiger partial charge in [-0.3, -0.25) is 0 Å². The first-order chi connectivity index (χ1) is 5.16. The molecule has 0 aliphatic heterocycles. The fraction of sp³-hybridized carbons (Fsp3) is 0.125. The predicted octanol–water partition coefficient (Wildman–Crippen LogP) is 2.23. The first kappa shape index (κ1) is 8.08. The molecule has 3 heteroatoms. The van der Waals surface area contributed by atoms with Gasteiger partial charge in [0.25, 0.3) is 0 Å². The molecule has 2 nitrogen and oxygen atoms in total. The average Bonchev–Trinajstić information content (AvgIpc) is 1.99. The number of hydrogen-bond acceptors (Lipinski definition) is 2. The SMILES string of the molecule is Cc1ccc(Cl)c(N)c1C=N. The van der Waals surface area contributed by atoms with Crippen LogP contribution in [0.4, 0.5) is 5.69 Å². The second kappa shape index (κ2) is 2.93. The smallest absolute Gasteiger partial charge is 0.0642 e. The van der Waals surface area contributed by atoms with Crippen LogP contribution in [0.1, 0.15) is 11.1 Å². The molecule has 0 amide bonds. The van der Waals surface area contributed by atoms with Crippen molar-refractivity contribution in [3.63, 3.8) is 0 Å². The number of halogens is 1. The maximum Gasteiger partial charge on any atom is 0.0642 e. The van der Waals surface area contributed by atoms with Crippen LogP contribution >= 0.6 is 11.6 Å². The van der Waals surface area contributed by atoms with Crippen molar-refractivity contribution in [3.05, 3.63) is 28.3 Å². The summed E-state index contributed by atoms with van der Waals surface area (Å²) in [6.45, 7) is 1.90. The highest BCUT2D eigenvalue weighted by Gasteiger charge is 2.02. The quantitative estimate of drug-likeness (QED) is 0.490. The number of benzene rings is 1. The zero-order valence-electron chi connectivity index (χ0n) is 6.19. The van der Waals surface area contributed by atoms with E-state index in [9.17, 15) is 0 Å². The maximum absolute atomic E-state index is 7.06. The van der Waals surface area contributed by atoms with E-state index in [1.807, 2.05) is 13.0 Å². The summed E-state index contributed by atoms with van der Waals surface area (Å²) in [5, 5.41) is 7.57. The standard InChI is InChI=1S/C8H9ClN2/c1-5-2-3-7(9)8(11)6(5)4-10/h2-4,10H,11H2,1H3. The molecule has 0 bridgehead atoms. The Kier molecular flexibility index (Phi) is 2.15. The minimum absolute atomic E-state index is 0.488. The van der Waals surface area contributed by atoms with E-state index in [1.54, 1.807) is 6.07 Å². The fourth-order valence-electron chi connectivity index (χ4n) is 0.910. The molecular formula is C8H9ClN2. The van der Waals surface area contributed by atoms with Crippen LogP contribution in [-0.4, -0.2) is 6.21 Å². The van der Waals surface area contributed by atoms with Crippen molar-refractivity contribution in [1.29, 1.82) is 5.41 Å². The molecule has 0 aliphatic carbocycles. The minimum atomic E-state index is 0.488. The van der Waals surface area contributed by atoms with Gasteiger partial charge in [-0.25, -0.2) is 0 Å². The van der Waals surface area contributed by atoms with Gasteiger partial charge in [-0.15, -0.1) is 0 Å². The van der Waals surface area contributed by atoms with Crippen molar-refractivity contribution in [2.24, 2.45) is 0 Å². The Bertz CT molecular complexity index is 294. The van der Waals surface area contributed by atoms with Gasteiger partial charge in [-0.05, 0) is 18.6 Å². The second-order valence-corrected chi connectivity index (χ2v) is 2.74. The fourth-order valence-corrected chi connectivity index (χ4v) is 1.08. The molecule has 0 atom stereocenters. The summed E-state index contributed by atoms with van der Waals surface area (Å²) in [6.07, 6.45) is 1.22. The molecule has 1 aromatic rings. The summed E-state index contributed by atoms with van der Waals surface area (Å²) in [7, 11) is 0. The Hall–Kier alpha value is -1.02. The normalized spacial score (nSPS) is 9.64. The van der Waals surface area contributed by atoms with Gasteiger partial charge in [0, 0.05) is 11.8 Å². The lowest BCUT2D eigenvalue weighted by molar-refractivity contribution is 1.43. The molecule has 0 saturated carbocycles. The van der Waals surface area contributed by atoms with E-state index >= 15 is 0 Å². The number of anilines is 1. The lowest BCUT2D eigenvalue weighted by atomic mass is 10.1. The molecule has 11 heavy (non-hydrogen) atoms. The summed E-state index contributed by atoms with van der Waals surface area (Å²) in [6, 6.07) is 3.58. The zero-order chi connectivity index (χ0) is 8.43. The largest absolute Gasteiger partial charge is 0.397 e. The van der Waals surface area contributed by atoms with Crippen molar-refractivity contribution >= 4 is 23.5 Å². The highest BCUT2D eigenvalue weighted by molar-refractivity contribution is 6.33. The highest BCUT2D eigenvalue weighted by atomic mass is 35.5. The Morgan fingerprint density at radius 1 is 1.55 bits per heavy atom. The summed E-state index contributed by atoms with van der Waals surface area (Å²) >= 11 is 5.74. The van der Waals surface area contributed by atoms with E-state index in [4.69, 9.17) is 22.7 Å². The predicted molar refractivity (Wildman–Crippen MR) is 48.5 cm³/mol. The molecule has 0 fully saturated rings. The molecule has 0 radical (unpaired) electrons. The maximum atomic E-state index is 7.06. The van der Waals surface area contributed by atoms with E-state index in [2.05, 4.69) is 0 Å². The van der Waals surface area contributed by atoms with Gasteiger partial charge < -0.3 is 11.1 Å². The van der Waals surface area contributed by atoms with Crippen LogP contribution in [0.15, 0.2) is 12.1 Å². The van der Waals surface area contributed by atoms with Crippen LogP contribution in [0.5, 0.6) is 0 Å². The van der Waals surface area contributed by atoms with Gasteiger partial charge >= 0.3 is 0 Å². The molecule has 0 aromatic heterocycles. The molecule has 58 valence electrons. The summed E-state index contributed by atoms with van der Waals surface area (Å²) in [5.74, 6) is 0. The van der Waals surface area contributed by atoms with E-state index in [0.29, 0.717) is 16.3 Å². The molecule has 0 saturated heterocycles. The third kappa shape index (κ3) is 1.35. The third-order valence-electron chi connectivity index (χ3n) is 1.60. The zero-order valence-corrected chi connectivity index (χ0v) is 6.94. The molecule has 0 spiro atoms. The Balaban J connectivity index is 3.40. The lowest BCUT2D eigenvalue weighted by Gasteiger charge is -2.04. The molecule has 1 rings (SSSR count). The summed E-state index contributed by atoms with van der Waals surface area (Å²) < 4.78 is 0. The van der Waals surface area contributed by atoms with Crippen molar-refractivity contribution in [1.82, 2.24) is 0 Å². The van der Waals surface area contributed by atoms with Crippen LogP contribution in [-0.2, 0) is 0 Å². The molecular weight excluding hydrogens is 160 g/mol. The van der Waals surface area contributed by atoms with Gasteiger partial charge in [0.05, 0.1) is 10.7 Å². The Morgan fingerprint density at radius 2 is 2.18 bits per heavy atom. The van der Waals surface area contributed by atoms with Crippen molar-refractivity contribution in [3.8, 4) is 0 Å². The van der Waals surface area contributed by atoms with Crippen LogP contribution < -0.4 is 5.73 Å². The van der Waals surface area contributed by atoms with E-state index in [-0.39, 0.29) is 0 Å². The second-order valence-electron chi connectivity index (χ2n) is 2.34. The van der Waals surface area contributed by atoms with Gasteiger partial charge in [-0.2, -0.15) is 0 Å². The molecule has 0 aliphatic rings. The first-order valence-electron chi connectivity index (χ1n) is 3.22. The highest BCUT2D eigenvalue weighted by Crippen LogP contribution is 2.23. The van der Waals surface area contributed by atoms with Gasteiger partial charge in [0.1, 0.15) is 0 Å². The van der Waals surface area contributed by atoms with E-state index in [0.717, 1.165) is 5.56 Å². The number of hydrogen-bond donors (Lipinski definition) is 2. The topological polar surface area (TPSA) is 49.9 Å². The number of nitrogen functional groups attached to an aromatic ring is 1. The van der Waals surface area contributed by atoms with Crippen molar-refractivity contribution < 1.29 is 0 Å². The minimum Gasteiger partial charge on any atom is -0.397 e. The number of nitrogens with one attached hydrogen (secondary N) is 1. The first-order valence-corrected chi connectivity index (χ1v) is 3.59. The van der Waals surface area contributed by atoms with Crippen LogP contribution in [0.3, 0.4) is 0 Å². The average molecular weight is 169 g/mol. The monoisotopic (exact) mass is 168 g/mol.